The summed E-state index contributed by atoms with van der Waals surface area (Å²) in [6, 6.07) is 25.8. The first kappa shape index (κ1) is 29.3. The van der Waals surface area contributed by atoms with E-state index in [2.05, 4.69) is 124 Å². The van der Waals surface area contributed by atoms with Crippen LogP contribution in [0, 0.1) is 0 Å². The molecule has 4 aromatic rings. The third kappa shape index (κ3) is 4.33. The van der Waals surface area contributed by atoms with Gasteiger partial charge in [-0.3, -0.25) is 4.79 Å². The van der Waals surface area contributed by atoms with Crippen LogP contribution in [0.1, 0.15) is 71.4 Å². The van der Waals surface area contributed by atoms with Crippen LogP contribution in [0.5, 0.6) is 0 Å². The molecule has 0 unspecified atom stereocenters. The van der Waals surface area contributed by atoms with Gasteiger partial charge in [-0.05, 0) is 65.6 Å². The molecule has 0 saturated carbocycles. The van der Waals surface area contributed by atoms with E-state index in [1.54, 1.807) is 0 Å². The van der Waals surface area contributed by atoms with Gasteiger partial charge in [-0.2, -0.15) is 4.58 Å². The number of nitrogens with zero attached hydrogens (tertiary/aromatic N) is 2. The summed E-state index contributed by atoms with van der Waals surface area (Å²) >= 11 is 0. The number of hydrogen-bond acceptors (Lipinski definition) is 3. The predicted octanol–water partition coefficient (Wildman–Crippen LogP) is 9.58. The fourth-order valence-electron chi connectivity index (χ4n) is 8.07. The van der Waals surface area contributed by atoms with Crippen molar-refractivity contribution in [2.24, 2.45) is 0 Å². The van der Waals surface area contributed by atoms with E-state index in [-0.39, 0.29) is 22.4 Å². The summed E-state index contributed by atoms with van der Waals surface area (Å²) in [6.07, 6.45) is 8.53. The molecular formula is C41H43N2O2+. The van der Waals surface area contributed by atoms with Gasteiger partial charge in [-0.15, -0.1) is 0 Å². The van der Waals surface area contributed by atoms with Crippen molar-refractivity contribution in [3.63, 3.8) is 0 Å². The molecule has 2 heterocycles. The number of aliphatic hydroxyl groups is 1. The molecule has 0 saturated heterocycles. The van der Waals surface area contributed by atoms with Crippen molar-refractivity contribution >= 4 is 44.4 Å². The summed E-state index contributed by atoms with van der Waals surface area (Å²) in [5, 5.41) is 16.4. The normalized spacial score (nSPS) is 20.1. The second-order valence-electron chi connectivity index (χ2n) is 13.9. The lowest BCUT2D eigenvalue weighted by atomic mass is 9.76. The van der Waals surface area contributed by atoms with Gasteiger partial charge in [0.25, 0.3) is 0 Å². The molecule has 0 amide bonds. The van der Waals surface area contributed by atoms with Crippen LogP contribution in [0.15, 0.2) is 108 Å². The Hall–Kier alpha value is -4.44. The molecule has 7 rings (SSSR count). The molecule has 0 spiro atoms. The van der Waals surface area contributed by atoms with Gasteiger partial charge in [0.2, 0.25) is 11.5 Å². The van der Waals surface area contributed by atoms with E-state index < -0.39 is 0 Å². The molecule has 0 radical (unpaired) electrons. The number of hydrogen-bond donors (Lipinski definition) is 1. The Kier molecular flexibility index (Phi) is 6.88. The monoisotopic (exact) mass is 595 g/mol. The fraction of sp³-hybridized carbons (Fsp3) is 0.317. The number of ketones is 1. The van der Waals surface area contributed by atoms with Crippen LogP contribution in [-0.4, -0.2) is 34.8 Å². The van der Waals surface area contributed by atoms with Gasteiger partial charge in [0.1, 0.15) is 12.8 Å². The highest BCUT2D eigenvalue weighted by molar-refractivity contribution is 6.24. The average molecular weight is 596 g/mol. The zero-order chi connectivity index (χ0) is 31.7. The molecule has 0 atom stereocenters. The third-order valence-electron chi connectivity index (χ3n) is 10.4. The Bertz CT molecular complexity index is 2040. The summed E-state index contributed by atoms with van der Waals surface area (Å²) in [6.45, 7) is 12.0. The van der Waals surface area contributed by atoms with Crippen molar-refractivity contribution in [1.82, 2.24) is 0 Å². The number of fused-ring (bicyclic) bond motifs is 6. The molecule has 1 aliphatic carbocycles. The van der Waals surface area contributed by atoms with Crippen LogP contribution >= 0.6 is 0 Å². The van der Waals surface area contributed by atoms with E-state index in [4.69, 9.17) is 0 Å². The molecule has 0 bridgehead atoms. The van der Waals surface area contributed by atoms with Gasteiger partial charge in [-0.25, -0.2) is 0 Å². The van der Waals surface area contributed by atoms with Crippen molar-refractivity contribution in [3.8, 4) is 0 Å². The zero-order valence-corrected chi connectivity index (χ0v) is 27.4. The van der Waals surface area contributed by atoms with E-state index in [9.17, 15) is 9.90 Å². The lowest BCUT2D eigenvalue weighted by Crippen LogP contribution is -2.32. The molecule has 228 valence electrons. The van der Waals surface area contributed by atoms with Crippen molar-refractivity contribution in [2.75, 3.05) is 18.5 Å². The summed E-state index contributed by atoms with van der Waals surface area (Å²) in [7, 11) is 2.06. The van der Waals surface area contributed by atoms with E-state index in [0.29, 0.717) is 11.1 Å². The standard InChI is InChI=1S/C41H42N2O2/c1-7-8-9-14-23-43-33-22-20-27-16-11-13-18-29(27)37(33)41(4,5)35(43)25-31-38(44)30(39(31)45)24-34-40(2,3)36-28-17-12-10-15-26(28)19-21-32(36)42(34)6/h10-13,15-22,24-25H,7-9,14,23H2,1-6H3/p+1. The molecular weight excluding hydrogens is 552 g/mol. The first-order valence-electron chi connectivity index (χ1n) is 16.4. The number of carbonyl (C=O) groups is 1. The van der Waals surface area contributed by atoms with Crippen LogP contribution in [0.25, 0.3) is 21.5 Å². The van der Waals surface area contributed by atoms with Gasteiger partial charge in [0.15, 0.2) is 5.71 Å². The maximum Gasteiger partial charge on any atom is 0.210 e. The van der Waals surface area contributed by atoms with Crippen LogP contribution in [0.3, 0.4) is 0 Å². The Morgan fingerprint density at radius 3 is 2.09 bits per heavy atom. The SMILES string of the molecule is CCCCCCN1/C(=C/C2=C(O)C(=C/C3=[N+](C)c4ccc5ccccc5c4C3(C)C)/C2=O)C(C)(C)c2c1ccc1ccccc21. The molecule has 4 aromatic carbocycles. The molecule has 0 fully saturated rings. The summed E-state index contributed by atoms with van der Waals surface area (Å²) in [5.74, 6) is -0.00683. The van der Waals surface area contributed by atoms with Crippen molar-refractivity contribution in [3.05, 3.63) is 119 Å². The van der Waals surface area contributed by atoms with Crippen LogP contribution in [0.4, 0.5) is 11.4 Å². The number of Topliss-reactive ketones (excluding diaryl/α,β-unsaturated/α-hetero) is 1. The summed E-state index contributed by atoms with van der Waals surface area (Å²) in [4.78, 5) is 16.3. The van der Waals surface area contributed by atoms with E-state index >= 15 is 0 Å². The fourth-order valence-corrected chi connectivity index (χ4v) is 8.07. The van der Waals surface area contributed by atoms with Gasteiger partial charge < -0.3 is 10.0 Å². The Morgan fingerprint density at radius 2 is 1.42 bits per heavy atom. The number of carbonyl (C=O) groups excluding carboxylic acids is 1. The van der Waals surface area contributed by atoms with E-state index in [1.165, 1.54) is 57.6 Å². The number of unbranched alkanes of at least 4 members (excludes halogenated alkanes) is 3. The minimum absolute atomic E-state index is 0.0903. The number of rotatable bonds is 7. The highest BCUT2D eigenvalue weighted by Gasteiger charge is 2.47. The lowest BCUT2D eigenvalue weighted by Gasteiger charge is -2.29. The topological polar surface area (TPSA) is 43.5 Å². The number of allylic oxidation sites excluding steroid dienone is 5. The highest BCUT2D eigenvalue weighted by Crippen LogP contribution is 2.52. The molecule has 2 aliphatic heterocycles. The van der Waals surface area contributed by atoms with Crippen LogP contribution in [0.2, 0.25) is 0 Å². The highest BCUT2D eigenvalue weighted by atomic mass is 16.3. The molecule has 45 heavy (non-hydrogen) atoms. The Balaban J connectivity index is 1.30. The van der Waals surface area contributed by atoms with Gasteiger partial charge in [-0.1, -0.05) is 94.6 Å². The number of benzene rings is 4. The van der Waals surface area contributed by atoms with Crippen LogP contribution in [-0.2, 0) is 15.6 Å². The van der Waals surface area contributed by atoms with Crippen molar-refractivity contribution in [1.29, 1.82) is 0 Å². The van der Waals surface area contributed by atoms with Gasteiger partial charge >= 0.3 is 0 Å². The Labute approximate surface area is 266 Å². The molecule has 3 aliphatic rings. The second-order valence-corrected chi connectivity index (χ2v) is 13.9. The quantitative estimate of drug-likeness (QED) is 0.131. The average Bonchev–Trinajstić information content (AvgIpc) is 3.38. The van der Waals surface area contributed by atoms with E-state index in [1.807, 2.05) is 12.2 Å². The van der Waals surface area contributed by atoms with Crippen LogP contribution < -0.4 is 4.90 Å². The third-order valence-corrected chi connectivity index (χ3v) is 10.4. The molecule has 4 heteroatoms. The maximum atomic E-state index is 13.9. The summed E-state index contributed by atoms with van der Waals surface area (Å²) < 4.78 is 2.17. The molecule has 0 aromatic heterocycles. The molecule has 4 nitrogen and oxygen atoms in total. The van der Waals surface area contributed by atoms with E-state index in [0.717, 1.165) is 30.1 Å². The minimum atomic E-state index is -0.335. The first-order valence-corrected chi connectivity index (χ1v) is 16.4. The van der Waals surface area contributed by atoms with Gasteiger partial charge in [0.05, 0.1) is 16.6 Å². The van der Waals surface area contributed by atoms with Crippen molar-refractivity contribution < 1.29 is 14.5 Å². The maximum absolute atomic E-state index is 13.9. The first-order chi connectivity index (χ1) is 21.6. The molecule has 1 N–H and O–H groups in total. The number of anilines is 1. The van der Waals surface area contributed by atoms with Gasteiger partial charge in [0, 0.05) is 41.1 Å². The summed E-state index contributed by atoms with van der Waals surface area (Å²) in [5.41, 5.74) is 7.10. The predicted molar refractivity (Wildman–Crippen MR) is 187 cm³/mol. The minimum Gasteiger partial charge on any atom is -0.506 e. The zero-order valence-electron chi connectivity index (χ0n) is 27.4. The Morgan fingerprint density at radius 1 is 0.778 bits per heavy atom. The van der Waals surface area contributed by atoms with Crippen molar-refractivity contribution in [2.45, 2.75) is 71.1 Å². The lowest BCUT2D eigenvalue weighted by molar-refractivity contribution is -0.401. The smallest absolute Gasteiger partial charge is 0.210 e. The number of aliphatic hydroxyl groups excluding tert-OH is 1. The second kappa shape index (κ2) is 10.6. The largest absolute Gasteiger partial charge is 0.506 e.